The predicted octanol–water partition coefficient (Wildman–Crippen LogP) is 5.12. The Balaban J connectivity index is 1.32. The van der Waals surface area contributed by atoms with E-state index >= 15 is 0 Å². The highest BCUT2D eigenvalue weighted by atomic mass is 32.1. The summed E-state index contributed by atoms with van der Waals surface area (Å²) >= 11 is 3.20. The van der Waals surface area contributed by atoms with E-state index in [4.69, 9.17) is 4.74 Å². The molecule has 0 saturated carbocycles. The van der Waals surface area contributed by atoms with Crippen molar-refractivity contribution >= 4 is 60.0 Å². The number of nitrogens with one attached hydrogen (secondary N) is 1. The second-order valence-electron chi connectivity index (χ2n) is 7.84. The Morgan fingerprint density at radius 1 is 1.25 bits per heavy atom. The number of anilines is 2. The molecule has 4 heterocycles. The molecule has 0 spiro atoms. The molecule has 4 aromatic rings. The van der Waals surface area contributed by atoms with Crippen LogP contribution in [-0.2, 0) is 11.2 Å². The topological polar surface area (TPSA) is 80.2 Å². The van der Waals surface area contributed by atoms with Crippen molar-refractivity contribution in [3.63, 3.8) is 0 Å². The molecule has 5 rings (SSSR count). The zero-order valence-electron chi connectivity index (χ0n) is 18.1. The number of piperidine rings is 1. The van der Waals surface area contributed by atoms with Gasteiger partial charge in [0.15, 0.2) is 5.13 Å². The minimum Gasteiger partial charge on any atom is -0.494 e. The third kappa shape index (κ3) is 4.14. The van der Waals surface area contributed by atoms with Gasteiger partial charge in [-0.1, -0.05) is 18.3 Å². The third-order valence-corrected chi connectivity index (χ3v) is 7.82. The van der Waals surface area contributed by atoms with Crippen molar-refractivity contribution in [1.82, 2.24) is 15.0 Å². The number of ether oxygens (including phenoxy) is 1. The first-order chi connectivity index (χ1) is 15.6. The van der Waals surface area contributed by atoms with Crippen molar-refractivity contribution in [2.45, 2.75) is 33.1 Å². The van der Waals surface area contributed by atoms with Gasteiger partial charge in [0.25, 0.3) is 0 Å². The van der Waals surface area contributed by atoms with E-state index in [0.29, 0.717) is 18.3 Å². The first-order valence-electron chi connectivity index (χ1n) is 11.0. The SMILES string of the molecule is CCOc1ccc2nc(NC(=O)[C@H]3CCCN(c4ncnc5sc(CC)cc45)C3)sc2c1. The van der Waals surface area contributed by atoms with E-state index in [-0.39, 0.29) is 11.8 Å². The number of fused-ring (bicyclic) bond motifs is 2. The van der Waals surface area contributed by atoms with Crippen molar-refractivity contribution in [3.05, 3.63) is 35.5 Å². The van der Waals surface area contributed by atoms with Gasteiger partial charge < -0.3 is 15.0 Å². The summed E-state index contributed by atoms with van der Waals surface area (Å²) in [5.74, 6) is 1.67. The molecule has 1 aromatic carbocycles. The zero-order chi connectivity index (χ0) is 22.1. The Bertz CT molecular complexity index is 1270. The van der Waals surface area contributed by atoms with Gasteiger partial charge >= 0.3 is 0 Å². The maximum absolute atomic E-state index is 13.1. The second-order valence-corrected chi connectivity index (χ2v) is 9.98. The number of carbonyl (C=O) groups is 1. The van der Waals surface area contributed by atoms with Crippen LogP contribution in [-0.4, -0.2) is 40.6 Å². The van der Waals surface area contributed by atoms with Gasteiger partial charge in [0, 0.05) is 18.0 Å². The van der Waals surface area contributed by atoms with Crippen molar-refractivity contribution < 1.29 is 9.53 Å². The van der Waals surface area contributed by atoms with Gasteiger partial charge in [-0.05, 0) is 50.5 Å². The van der Waals surface area contributed by atoms with E-state index < -0.39 is 0 Å². The third-order valence-electron chi connectivity index (χ3n) is 5.70. The largest absolute Gasteiger partial charge is 0.494 e. The quantitative estimate of drug-likeness (QED) is 0.424. The fraction of sp³-hybridized carbons (Fsp3) is 0.391. The van der Waals surface area contributed by atoms with Crippen LogP contribution in [0.4, 0.5) is 10.9 Å². The number of rotatable bonds is 6. The molecule has 0 radical (unpaired) electrons. The molecular formula is C23H25N5O2S2. The predicted molar refractivity (Wildman–Crippen MR) is 131 cm³/mol. The Hall–Kier alpha value is -2.78. The molecule has 1 aliphatic heterocycles. The second kappa shape index (κ2) is 8.99. The molecule has 0 aliphatic carbocycles. The standard InChI is InChI=1S/C23H25N5O2S2/c1-3-16-11-17-20(24-13-25-22(17)31-16)28-9-5-6-14(12-28)21(29)27-23-26-18-8-7-15(30-4-2)10-19(18)32-23/h7-8,10-11,13-14H,3-6,9,12H2,1-2H3,(H,26,27,29)/t14-/m0/s1. The van der Waals surface area contributed by atoms with Gasteiger partial charge in [0.05, 0.1) is 28.1 Å². The van der Waals surface area contributed by atoms with Crippen molar-refractivity contribution in [2.24, 2.45) is 5.92 Å². The molecule has 1 atom stereocenters. The number of hydrogen-bond acceptors (Lipinski definition) is 8. The monoisotopic (exact) mass is 467 g/mol. The van der Waals surface area contributed by atoms with E-state index in [1.54, 1.807) is 17.7 Å². The molecule has 1 aliphatic rings. The maximum atomic E-state index is 13.1. The van der Waals surface area contributed by atoms with E-state index in [1.807, 2.05) is 25.1 Å². The highest BCUT2D eigenvalue weighted by Gasteiger charge is 2.28. The number of aryl methyl sites for hydroxylation is 1. The normalized spacial score (nSPS) is 16.6. The van der Waals surface area contributed by atoms with Crippen LogP contribution in [0.2, 0.25) is 0 Å². The summed E-state index contributed by atoms with van der Waals surface area (Å²) in [7, 11) is 0. The average Bonchev–Trinajstić information content (AvgIpc) is 3.42. The van der Waals surface area contributed by atoms with Crippen molar-refractivity contribution in [1.29, 1.82) is 0 Å². The van der Waals surface area contributed by atoms with E-state index in [2.05, 4.69) is 38.2 Å². The van der Waals surface area contributed by atoms with Crippen LogP contribution >= 0.6 is 22.7 Å². The van der Waals surface area contributed by atoms with Gasteiger partial charge in [-0.25, -0.2) is 15.0 Å². The number of thiophene rings is 1. The number of carbonyl (C=O) groups excluding carboxylic acids is 1. The average molecular weight is 468 g/mol. The number of aromatic nitrogens is 3. The lowest BCUT2D eigenvalue weighted by Crippen LogP contribution is -2.41. The summed E-state index contributed by atoms with van der Waals surface area (Å²) in [4.78, 5) is 31.2. The zero-order valence-corrected chi connectivity index (χ0v) is 19.8. The Labute approximate surface area is 194 Å². The van der Waals surface area contributed by atoms with E-state index in [9.17, 15) is 4.79 Å². The molecule has 32 heavy (non-hydrogen) atoms. The lowest BCUT2D eigenvalue weighted by Gasteiger charge is -2.32. The minimum absolute atomic E-state index is 0.0173. The molecule has 3 aromatic heterocycles. The molecule has 9 heteroatoms. The lowest BCUT2D eigenvalue weighted by atomic mass is 9.97. The molecule has 0 bridgehead atoms. The van der Waals surface area contributed by atoms with Gasteiger partial charge in [0.1, 0.15) is 22.7 Å². The minimum atomic E-state index is -0.107. The molecule has 166 valence electrons. The van der Waals surface area contributed by atoms with Crippen LogP contribution in [0.5, 0.6) is 5.75 Å². The number of amides is 1. The summed E-state index contributed by atoms with van der Waals surface area (Å²) in [6.07, 6.45) is 4.43. The lowest BCUT2D eigenvalue weighted by molar-refractivity contribution is -0.120. The molecule has 7 nitrogen and oxygen atoms in total. The summed E-state index contributed by atoms with van der Waals surface area (Å²) in [6, 6.07) is 8.00. The van der Waals surface area contributed by atoms with Crippen LogP contribution in [0.3, 0.4) is 0 Å². The number of hydrogen-bond donors (Lipinski definition) is 1. The molecule has 1 amide bonds. The smallest absolute Gasteiger partial charge is 0.231 e. The van der Waals surface area contributed by atoms with Gasteiger partial charge in [0.2, 0.25) is 5.91 Å². The van der Waals surface area contributed by atoms with Gasteiger partial charge in [-0.2, -0.15) is 0 Å². The Kier molecular flexibility index (Phi) is 5.93. The highest BCUT2D eigenvalue weighted by Crippen LogP contribution is 2.33. The Morgan fingerprint density at radius 2 is 2.16 bits per heavy atom. The fourth-order valence-corrected chi connectivity index (χ4v) is 5.95. The molecular weight excluding hydrogens is 442 g/mol. The van der Waals surface area contributed by atoms with Crippen LogP contribution in [0.25, 0.3) is 20.4 Å². The summed E-state index contributed by atoms with van der Waals surface area (Å²) in [5.41, 5.74) is 0.867. The summed E-state index contributed by atoms with van der Waals surface area (Å²) in [5, 5.41) is 4.76. The highest BCUT2D eigenvalue weighted by molar-refractivity contribution is 7.22. The van der Waals surface area contributed by atoms with Crippen molar-refractivity contribution in [2.75, 3.05) is 29.9 Å². The molecule has 1 fully saturated rings. The first kappa shape index (κ1) is 21.1. The van der Waals surface area contributed by atoms with Gasteiger partial charge in [-0.3, -0.25) is 4.79 Å². The Morgan fingerprint density at radius 3 is 3.00 bits per heavy atom. The maximum Gasteiger partial charge on any atom is 0.231 e. The van der Waals surface area contributed by atoms with Crippen molar-refractivity contribution in [3.8, 4) is 5.75 Å². The number of benzene rings is 1. The number of thiazole rings is 1. The fourth-order valence-electron chi connectivity index (χ4n) is 4.13. The van der Waals surface area contributed by atoms with Crippen LogP contribution in [0, 0.1) is 5.92 Å². The van der Waals surface area contributed by atoms with Crippen LogP contribution < -0.4 is 15.0 Å². The summed E-state index contributed by atoms with van der Waals surface area (Å²) in [6.45, 7) is 6.28. The van der Waals surface area contributed by atoms with Crippen LogP contribution in [0.15, 0.2) is 30.6 Å². The van der Waals surface area contributed by atoms with E-state index in [0.717, 1.165) is 57.8 Å². The molecule has 1 N–H and O–H groups in total. The molecule has 1 saturated heterocycles. The van der Waals surface area contributed by atoms with Crippen LogP contribution in [0.1, 0.15) is 31.6 Å². The van der Waals surface area contributed by atoms with E-state index in [1.165, 1.54) is 16.2 Å². The van der Waals surface area contributed by atoms with Gasteiger partial charge in [-0.15, -0.1) is 11.3 Å². The number of nitrogens with zero attached hydrogens (tertiary/aromatic N) is 4. The molecule has 0 unspecified atom stereocenters. The first-order valence-corrected chi connectivity index (χ1v) is 12.6. The summed E-state index contributed by atoms with van der Waals surface area (Å²) < 4.78 is 6.57.